The second kappa shape index (κ2) is 5.40. The number of alkyl halides is 3. The average Bonchev–Trinajstić information content (AvgIpc) is 2.86. The van der Waals surface area contributed by atoms with Crippen LogP contribution in [0.3, 0.4) is 0 Å². The highest BCUT2D eigenvalue weighted by atomic mass is 19.4. The van der Waals surface area contributed by atoms with Crippen molar-refractivity contribution >= 4 is 0 Å². The van der Waals surface area contributed by atoms with Crippen molar-refractivity contribution < 1.29 is 13.2 Å². The van der Waals surface area contributed by atoms with Gasteiger partial charge in [0.2, 0.25) is 0 Å². The van der Waals surface area contributed by atoms with E-state index in [-0.39, 0.29) is 0 Å². The van der Waals surface area contributed by atoms with Gasteiger partial charge in [0, 0.05) is 18.9 Å². The first-order valence-corrected chi connectivity index (χ1v) is 5.78. The first kappa shape index (κ1) is 13.5. The number of nitrogens with zero attached hydrogens (tertiary/aromatic N) is 3. The molecule has 2 aromatic heterocycles. The highest BCUT2D eigenvalue weighted by molar-refractivity contribution is 5.32. The first-order valence-electron chi connectivity index (χ1n) is 5.78. The van der Waals surface area contributed by atoms with Crippen LogP contribution in [0.25, 0.3) is 5.69 Å². The van der Waals surface area contributed by atoms with Crippen molar-refractivity contribution in [3.05, 3.63) is 42.0 Å². The number of pyridine rings is 1. The van der Waals surface area contributed by atoms with Crippen LogP contribution in [0.1, 0.15) is 18.2 Å². The quantitative estimate of drug-likeness (QED) is 0.927. The minimum Gasteiger partial charge on any atom is -0.311 e. The molecule has 0 aromatic carbocycles. The number of hydrogen-bond acceptors (Lipinski definition) is 3. The van der Waals surface area contributed by atoms with Crippen LogP contribution >= 0.6 is 0 Å². The molecular weight excluding hydrogens is 257 g/mol. The molecule has 0 spiro atoms. The highest BCUT2D eigenvalue weighted by Crippen LogP contribution is 2.29. The van der Waals surface area contributed by atoms with Gasteiger partial charge in [-0.05, 0) is 18.7 Å². The Bertz CT molecular complexity index is 548. The second-order valence-corrected chi connectivity index (χ2v) is 3.96. The Morgan fingerprint density at radius 1 is 1.37 bits per heavy atom. The number of halogens is 3. The molecule has 2 rings (SSSR count). The molecule has 2 aromatic rings. The van der Waals surface area contributed by atoms with Gasteiger partial charge in [0.1, 0.15) is 0 Å². The lowest BCUT2D eigenvalue weighted by Gasteiger charge is -2.05. The maximum Gasteiger partial charge on any atom is 0.419 e. The standard InChI is InChI=1S/C12H13F3N4/c1-2-16-7-10-5-11(3-4-17-10)19-8-9(6-18-19)12(13,14)15/h3-6,8,16H,2,7H2,1H3. The van der Waals surface area contributed by atoms with E-state index < -0.39 is 11.7 Å². The lowest BCUT2D eigenvalue weighted by Crippen LogP contribution is -2.13. The van der Waals surface area contributed by atoms with E-state index in [1.165, 1.54) is 4.68 Å². The summed E-state index contributed by atoms with van der Waals surface area (Å²) >= 11 is 0. The van der Waals surface area contributed by atoms with Crippen LogP contribution in [0.2, 0.25) is 0 Å². The number of rotatable bonds is 4. The summed E-state index contributed by atoms with van der Waals surface area (Å²) in [5.74, 6) is 0. The van der Waals surface area contributed by atoms with Crippen LogP contribution in [-0.4, -0.2) is 21.3 Å². The third-order valence-corrected chi connectivity index (χ3v) is 2.53. The largest absolute Gasteiger partial charge is 0.419 e. The molecule has 0 bridgehead atoms. The van der Waals surface area contributed by atoms with Gasteiger partial charge in [0.25, 0.3) is 0 Å². The Kier molecular flexibility index (Phi) is 3.84. The Labute approximate surface area is 108 Å². The predicted octanol–water partition coefficient (Wildman–Crippen LogP) is 2.40. The van der Waals surface area contributed by atoms with Crippen molar-refractivity contribution in [2.45, 2.75) is 19.6 Å². The molecule has 0 aliphatic rings. The van der Waals surface area contributed by atoms with Crippen LogP contribution in [-0.2, 0) is 12.7 Å². The summed E-state index contributed by atoms with van der Waals surface area (Å²) in [6.07, 6.45) is -1.05. The van der Waals surface area contributed by atoms with Gasteiger partial charge in [-0.2, -0.15) is 18.3 Å². The van der Waals surface area contributed by atoms with Crippen molar-refractivity contribution in [1.82, 2.24) is 20.1 Å². The zero-order chi connectivity index (χ0) is 13.9. The molecule has 0 amide bonds. The lowest BCUT2D eigenvalue weighted by atomic mass is 10.3. The maximum absolute atomic E-state index is 12.5. The van der Waals surface area contributed by atoms with Crippen LogP contribution in [0.4, 0.5) is 13.2 Å². The van der Waals surface area contributed by atoms with Gasteiger partial charge in [-0.3, -0.25) is 4.98 Å². The number of aromatic nitrogens is 3. The molecule has 0 unspecified atom stereocenters. The Morgan fingerprint density at radius 2 is 2.16 bits per heavy atom. The molecule has 0 atom stereocenters. The number of nitrogens with one attached hydrogen (secondary N) is 1. The van der Waals surface area contributed by atoms with Gasteiger partial charge in [-0.25, -0.2) is 4.68 Å². The summed E-state index contributed by atoms with van der Waals surface area (Å²) in [5, 5.41) is 6.82. The molecule has 0 radical (unpaired) electrons. The van der Waals surface area contributed by atoms with E-state index in [0.29, 0.717) is 12.2 Å². The summed E-state index contributed by atoms with van der Waals surface area (Å²) in [7, 11) is 0. The summed E-state index contributed by atoms with van der Waals surface area (Å²) in [6.45, 7) is 3.33. The second-order valence-electron chi connectivity index (χ2n) is 3.96. The molecule has 7 heteroatoms. The summed E-state index contributed by atoms with van der Waals surface area (Å²) in [6, 6.07) is 3.32. The van der Waals surface area contributed by atoms with Crippen LogP contribution < -0.4 is 5.32 Å². The van der Waals surface area contributed by atoms with Gasteiger partial charge in [-0.15, -0.1) is 0 Å². The van der Waals surface area contributed by atoms with Gasteiger partial charge >= 0.3 is 6.18 Å². The fraction of sp³-hybridized carbons (Fsp3) is 0.333. The highest BCUT2D eigenvalue weighted by Gasteiger charge is 2.32. The Hall–Kier alpha value is -1.89. The molecule has 2 heterocycles. The third-order valence-electron chi connectivity index (χ3n) is 2.53. The van der Waals surface area contributed by atoms with E-state index >= 15 is 0 Å². The molecule has 102 valence electrons. The van der Waals surface area contributed by atoms with Crippen molar-refractivity contribution in [2.75, 3.05) is 6.54 Å². The minimum absolute atomic E-state index is 0.554. The normalized spacial score (nSPS) is 11.8. The van der Waals surface area contributed by atoms with Gasteiger partial charge in [-0.1, -0.05) is 6.92 Å². The zero-order valence-electron chi connectivity index (χ0n) is 10.3. The summed E-state index contributed by atoms with van der Waals surface area (Å²) in [4.78, 5) is 4.13. The summed E-state index contributed by atoms with van der Waals surface area (Å²) < 4.78 is 38.7. The molecular formula is C12H13F3N4. The van der Waals surface area contributed by atoms with Crippen molar-refractivity contribution in [1.29, 1.82) is 0 Å². The van der Waals surface area contributed by atoms with E-state index in [2.05, 4.69) is 15.4 Å². The molecule has 0 aliphatic carbocycles. The van der Waals surface area contributed by atoms with E-state index in [1.54, 1.807) is 18.3 Å². The minimum atomic E-state index is -4.38. The fourth-order valence-corrected chi connectivity index (χ4v) is 1.57. The molecule has 0 saturated heterocycles. The molecule has 1 N–H and O–H groups in total. The molecule has 4 nitrogen and oxygen atoms in total. The fourth-order valence-electron chi connectivity index (χ4n) is 1.57. The van der Waals surface area contributed by atoms with Crippen LogP contribution in [0.15, 0.2) is 30.7 Å². The Morgan fingerprint density at radius 3 is 2.79 bits per heavy atom. The van der Waals surface area contributed by atoms with E-state index in [0.717, 1.165) is 24.6 Å². The van der Waals surface area contributed by atoms with E-state index in [4.69, 9.17) is 0 Å². The van der Waals surface area contributed by atoms with Gasteiger partial charge in [0.05, 0.1) is 23.1 Å². The van der Waals surface area contributed by atoms with Crippen LogP contribution in [0.5, 0.6) is 0 Å². The lowest BCUT2D eigenvalue weighted by molar-refractivity contribution is -0.137. The van der Waals surface area contributed by atoms with E-state index in [1.807, 2.05) is 6.92 Å². The third kappa shape index (κ3) is 3.31. The topological polar surface area (TPSA) is 42.7 Å². The monoisotopic (exact) mass is 270 g/mol. The zero-order valence-corrected chi connectivity index (χ0v) is 10.3. The number of hydrogen-bond donors (Lipinski definition) is 1. The first-order chi connectivity index (χ1) is 9.00. The van der Waals surface area contributed by atoms with Crippen molar-refractivity contribution in [3.8, 4) is 5.69 Å². The SMILES string of the molecule is CCNCc1cc(-n2cc(C(F)(F)F)cn2)ccn1. The van der Waals surface area contributed by atoms with E-state index in [9.17, 15) is 13.2 Å². The predicted molar refractivity (Wildman–Crippen MR) is 63.7 cm³/mol. The molecule has 0 fully saturated rings. The Balaban J connectivity index is 2.24. The smallest absolute Gasteiger partial charge is 0.311 e. The average molecular weight is 270 g/mol. The van der Waals surface area contributed by atoms with Crippen molar-refractivity contribution in [2.24, 2.45) is 0 Å². The van der Waals surface area contributed by atoms with Gasteiger partial charge in [0.15, 0.2) is 0 Å². The van der Waals surface area contributed by atoms with Crippen molar-refractivity contribution in [3.63, 3.8) is 0 Å². The molecule has 0 aliphatic heterocycles. The van der Waals surface area contributed by atoms with Crippen LogP contribution in [0, 0.1) is 0 Å². The van der Waals surface area contributed by atoms with Gasteiger partial charge < -0.3 is 5.32 Å². The maximum atomic E-state index is 12.5. The molecule has 19 heavy (non-hydrogen) atoms. The summed E-state index contributed by atoms with van der Waals surface area (Å²) in [5.41, 5.74) is 0.541. The molecule has 0 saturated carbocycles.